The molecule has 1 aliphatic rings. The number of benzene rings is 1. The molecule has 9 heteroatoms. The summed E-state index contributed by atoms with van der Waals surface area (Å²) in [5.41, 5.74) is 2.00. The fourth-order valence-electron chi connectivity index (χ4n) is 3.60. The molecule has 0 saturated carbocycles. The van der Waals surface area contributed by atoms with Gasteiger partial charge in [-0.15, -0.1) is 0 Å². The molecular weight excluding hydrogens is 410 g/mol. The van der Waals surface area contributed by atoms with E-state index in [1.165, 1.54) is 6.26 Å². The van der Waals surface area contributed by atoms with E-state index in [1.807, 2.05) is 30.5 Å². The molecule has 2 aromatic rings. The van der Waals surface area contributed by atoms with E-state index in [2.05, 4.69) is 24.8 Å². The molecule has 0 aliphatic carbocycles. The van der Waals surface area contributed by atoms with E-state index in [0.717, 1.165) is 75.2 Å². The van der Waals surface area contributed by atoms with E-state index in [1.54, 1.807) is 0 Å². The van der Waals surface area contributed by atoms with Crippen molar-refractivity contribution in [2.45, 2.75) is 12.8 Å². The Morgan fingerprint density at radius 2 is 1.69 bits per heavy atom. The van der Waals surface area contributed by atoms with Crippen LogP contribution in [0, 0.1) is 0 Å². The molecule has 0 bridgehead atoms. The smallest absolute Gasteiger partial charge is 0.208 e. The van der Waals surface area contributed by atoms with E-state index in [-0.39, 0.29) is 0 Å². The molecule has 7 nitrogen and oxygen atoms in total. The maximum absolute atomic E-state index is 11.1. The lowest BCUT2D eigenvalue weighted by atomic mass is 10.2. The fourth-order valence-corrected chi connectivity index (χ4v) is 4.28. The lowest BCUT2D eigenvalue weighted by molar-refractivity contribution is 0.131. The molecule has 0 amide bonds. The zero-order valence-corrected chi connectivity index (χ0v) is 18.5. The van der Waals surface area contributed by atoms with Gasteiger partial charge in [0.05, 0.1) is 11.8 Å². The first-order chi connectivity index (χ1) is 13.9. The Kier molecular flexibility index (Phi) is 8.08. The van der Waals surface area contributed by atoms with Crippen LogP contribution in [0.25, 0.3) is 10.9 Å². The minimum Gasteiger partial charge on any atom is -0.384 e. The van der Waals surface area contributed by atoms with Crippen LogP contribution < -0.4 is 10.0 Å². The Bertz CT molecular complexity index is 901. The number of hydrogen-bond acceptors (Lipinski definition) is 6. The first kappa shape index (κ1) is 22.2. The summed E-state index contributed by atoms with van der Waals surface area (Å²) in [6, 6.07) is 7.80. The number of hydrogen-bond donors (Lipinski definition) is 2. The largest absolute Gasteiger partial charge is 0.384 e. The van der Waals surface area contributed by atoms with Gasteiger partial charge in [-0.2, -0.15) is 0 Å². The standard InChI is InChI=1S/C20H30ClN5O2S/c1-29(27,28)24-8-3-11-26-14-12-25(13-15-26)10-2-7-22-19-6-9-23-20-16-17(21)4-5-18(19)20/h4-6,9,16,24H,2-3,7-8,10-15H2,1H3,(H,22,23). The van der Waals surface area contributed by atoms with Gasteiger partial charge in [-0.3, -0.25) is 4.98 Å². The van der Waals surface area contributed by atoms with Gasteiger partial charge in [0.25, 0.3) is 0 Å². The zero-order valence-electron chi connectivity index (χ0n) is 16.9. The van der Waals surface area contributed by atoms with Gasteiger partial charge in [0.15, 0.2) is 0 Å². The monoisotopic (exact) mass is 439 g/mol. The van der Waals surface area contributed by atoms with Crippen LogP contribution in [0.4, 0.5) is 5.69 Å². The second-order valence-electron chi connectivity index (χ2n) is 7.50. The zero-order chi connectivity index (χ0) is 20.7. The van der Waals surface area contributed by atoms with Gasteiger partial charge in [-0.1, -0.05) is 11.6 Å². The highest BCUT2D eigenvalue weighted by Crippen LogP contribution is 2.24. The molecule has 3 rings (SSSR count). The number of nitrogens with one attached hydrogen (secondary N) is 2. The SMILES string of the molecule is CS(=O)(=O)NCCCN1CCN(CCCNc2ccnc3cc(Cl)ccc23)CC1. The number of fused-ring (bicyclic) bond motifs is 1. The predicted molar refractivity (Wildman–Crippen MR) is 120 cm³/mol. The lowest BCUT2D eigenvalue weighted by Gasteiger charge is -2.34. The number of rotatable bonds is 10. The molecule has 1 aromatic heterocycles. The summed E-state index contributed by atoms with van der Waals surface area (Å²) >= 11 is 6.05. The fraction of sp³-hybridized carbons (Fsp3) is 0.550. The van der Waals surface area contributed by atoms with Crippen LogP contribution in [0.1, 0.15) is 12.8 Å². The van der Waals surface area contributed by atoms with Gasteiger partial charge in [0, 0.05) is 61.6 Å². The van der Waals surface area contributed by atoms with E-state index >= 15 is 0 Å². The van der Waals surface area contributed by atoms with Gasteiger partial charge < -0.3 is 15.1 Å². The van der Waals surface area contributed by atoms with Crippen molar-refractivity contribution in [2.24, 2.45) is 0 Å². The molecule has 0 spiro atoms. The van der Waals surface area contributed by atoms with Gasteiger partial charge >= 0.3 is 0 Å². The molecule has 1 saturated heterocycles. The van der Waals surface area contributed by atoms with Gasteiger partial charge in [-0.25, -0.2) is 13.1 Å². The van der Waals surface area contributed by atoms with Crippen molar-refractivity contribution in [2.75, 3.05) is 63.9 Å². The van der Waals surface area contributed by atoms with Crippen LogP contribution in [-0.4, -0.2) is 81.8 Å². The van der Waals surface area contributed by atoms with Crippen molar-refractivity contribution in [3.05, 3.63) is 35.5 Å². The van der Waals surface area contributed by atoms with Crippen LogP contribution in [0.5, 0.6) is 0 Å². The molecule has 0 atom stereocenters. The normalized spacial score (nSPS) is 16.3. The molecule has 160 valence electrons. The van der Waals surface area contributed by atoms with Crippen molar-refractivity contribution in [1.29, 1.82) is 0 Å². The summed E-state index contributed by atoms with van der Waals surface area (Å²) < 4.78 is 24.7. The highest BCUT2D eigenvalue weighted by Gasteiger charge is 2.16. The maximum Gasteiger partial charge on any atom is 0.208 e. The van der Waals surface area contributed by atoms with Crippen LogP contribution >= 0.6 is 11.6 Å². The van der Waals surface area contributed by atoms with Crippen LogP contribution in [0.15, 0.2) is 30.5 Å². The van der Waals surface area contributed by atoms with Crippen molar-refractivity contribution in [1.82, 2.24) is 19.5 Å². The van der Waals surface area contributed by atoms with Gasteiger partial charge in [0.2, 0.25) is 10.0 Å². The van der Waals surface area contributed by atoms with Crippen LogP contribution in [0.2, 0.25) is 5.02 Å². The van der Waals surface area contributed by atoms with E-state index < -0.39 is 10.0 Å². The Morgan fingerprint density at radius 3 is 2.34 bits per heavy atom. The van der Waals surface area contributed by atoms with Crippen molar-refractivity contribution in [3.8, 4) is 0 Å². The number of aromatic nitrogens is 1. The number of halogens is 1. The summed E-state index contributed by atoms with van der Waals surface area (Å²) in [6.45, 7) is 7.67. The average molecular weight is 440 g/mol. The summed E-state index contributed by atoms with van der Waals surface area (Å²) in [5, 5.41) is 5.32. The second kappa shape index (κ2) is 10.5. The van der Waals surface area contributed by atoms with E-state index in [4.69, 9.17) is 11.6 Å². The quantitative estimate of drug-likeness (QED) is 0.553. The van der Waals surface area contributed by atoms with E-state index in [9.17, 15) is 8.42 Å². The van der Waals surface area contributed by atoms with Crippen LogP contribution in [0.3, 0.4) is 0 Å². The third-order valence-electron chi connectivity index (χ3n) is 5.15. The average Bonchev–Trinajstić information content (AvgIpc) is 2.68. The minimum atomic E-state index is -3.08. The number of anilines is 1. The van der Waals surface area contributed by atoms with Gasteiger partial charge in [0.1, 0.15) is 0 Å². The molecule has 0 unspecified atom stereocenters. The Balaban J connectivity index is 1.32. The molecule has 1 aliphatic heterocycles. The topological polar surface area (TPSA) is 77.6 Å². The predicted octanol–water partition coefficient (Wildman–Crippen LogP) is 2.25. The molecule has 0 radical (unpaired) electrons. The Hall–Kier alpha value is -1.45. The lowest BCUT2D eigenvalue weighted by Crippen LogP contribution is -2.47. The van der Waals surface area contributed by atoms with Crippen molar-refractivity contribution < 1.29 is 8.42 Å². The molecule has 1 aromatic carbocycles. The minimum absolute atomic E-state index is 0.514. The third kappa shape index (κ3) is 7.38. The van der Waals surface area contributed by atoms with Crippen LogP contribution in [-0.2, 0) is 10.0 Å². The summed E-state index contributed by atoms with van der Waals surface area (Å²) in [7, 11) is -3.08. The summed E-state index contributed by atoms with van der Waals surface area (Å²) in [5.74, 6) is 0. The van der Waals surface area contributed by atoms with Gasteiger partial charge in [-0.05, 0) is 50.2 Å². The summed E-state index contributed by atoms with van der Waals surface area (Å²) in [6.07, 6.45) is 4.94. The number of nitrogens with zero attached hydrogens (tertiary/aromatic N) is 3. The third-order valence-corrected chi connectivity index (χ3v) is 6.12. The number of piperazine rings is 1. The summed E-state index contributed by atoms with van der Waals surface area (Å²) in [4.78, 5) is 9.29. The molecular formula is C20H30ClN5O2S. The van der Waals surface area contributed by atoms with Crippen molar-refractivity contribution in [3.63, 3.8) is 0 Å². The molecule has 2 heterocycles. The first-order valence-electron chi connectivity index (χ1n) is 10.1. The second-order valence-corrected chi connectivity index (χ2v) is 9.77. The number of pyridine rings is 1. The first-order valence-corrected chi connectivity index (χ1v) is 12.4. The highest BCUT2D eigenvalue weighted by atomic mass is 35.5. The molecule has 29 heavy (non-hydrogen) atoms. The molecule has 1 fully saturated rings. The Morgan fingerprint density at radius 1 is 1.03 bits per heavy atom. The number of sulfonamides is 1. The highest BCUT2D eigenvalue weighted by molar-refractivity contribution is 7.88. The van der Waals surface area contributed by atoms with Crippen molar-refractivity contribution >= 4 is 38.2 Å². The Labute approximate surface area is 178 Å². The maximum atomic E-state index is 11.1. The van der Waals surface area contributed by atoms with E-state index in [0.29, 0.717) is 11.6 Å². The molecule has 2 N–H and O–H groups in total.